The second-order valence-electron chi connectivity index (χ2n) is 5.96. The molecule has 1 heterocycles. The monoisotopic (exact) mass is 312 g/mol. The molecule has 0 aliphatic heterocycles. The number of para-hydroxylation sites is 1. The summed E-state index contributed by atoms with van der Waals surface area (Å²) in [6.45, 7) is 7.25. The zero-order valence-corrected chi connectivity index (χ0v) is 13.9. The van der Waals surface area contributed by atoms with Crippen molar-refractivity contribution >= 4 is 33.1 Å². The van der Waals surface area contributed by atoms with Gasteiger partial charge in [-0.2, -0.15) is 0 Å². The number of benzene rings is 1. The Hall–Kier alpha value is -1.14. The van der Waals surface area contributed by atoms with Crippen LogP contribution in [-0.4, -0.2) is 24.2 Å². The molecule has 0 atom stereocenters. The topological polar surface area (TPSA) is 54.9 Å². The summed E-state index contributed by atoms with van der Waals surface area (Å²) in [5, 5.41) is 0. The highest BCUT2D eigenvalue weighted by atomic mass is 32.2. The normalized spacial score (nSPS) is 13.0. The molecule has 110 valence electrons. The summed E-state index contributed by atoms with van der Waals surface area (Å²) in [5.41, 5.74) is 1.56. The van der Waals surface area contributed by atoms with E-state index in [-0.39, 0.29) is 5.41 Å². The van der Waals surface area contributed by atoms with Gasteiger partial charge in [0.2, 0.25) is 0 Å². The molecule has 0 fully saturated rings. The molecule has 2 aromatic rings. The summed E-state index contributed by atoms with van der Waals surface area (Å²) >= 11 is 5.36. The zero-order chi connectivity index (χ0) is 15.1. The maximum absolute atomic E-state index is 11.8. The number of hydrogen-bond acceptors (Lipinski definition) is 3. The van der Waals surface area contributed by atoms with E-state index in [1.165, 1.54) is 6.26 Å². The van der Waals surface area contributed by atoms with Crippen molar-refractivity contribution in [3.8, 4) is 0 Å². The maximum atomic E-state index is 11.8. The van der Waals surface area contributed by atoms with Gasteiger partial charge < -0.3 is 9.55 Å². The number of H-pyrrole nitrogens is 1. The number of hydrogen-bond donors (Lipinski definition) is 1. The average molecular weight is 312 g/mol. The van der Waals surface area contributed by atoms with Crippen molar-refractivity contribution in [2.45, 2.75) is 38.6 Å². The zero-order valence-electron chi connectivity index (χ0n) is 12.2. The first-order chi connectivity index (χ1) is 9.15. The Labute approximate surface area is 124 Å². The van der Waals surface area contributed by atoms with Crippen molar-refractivity contribution in [1.82, 2.24) is 9.55 Å². The van der Waals surface area contributed by atoms with Gasteiger partial charge >= 0.3 is 0 Å². The first-order valence-corrected chi connectivity index (χ1v) is 8.87. The van der Waals surface area contributed by atoms with Gasteiger partial charge in [0.1, 0.15) is 0 Å². The number of imidazole rings is 1. The van der Waals surface area contributed by atoms with Crippen LogP contribution < -0.4 is 0 Å². The molecule has 1 aromatic carbocycles. The van der Waals surface area contributed by atoms with Crippen LogP contribution in [-0.2, 0) is 16.4 Å². The Balaban J connectivity index is 2.71. The van der Waals surface area contributed by atoms with E-state index < -0.39 is 9.84 Å². The van der Waals surface area contributed by atoms with Crippen LogP contribution in [0.4, 0.5) is 0 Å². The molecule has 0 unspecified atom stereocenters. The molecular formula is C14H20N2O2S2. The predicted octanol–water partition coefficient (Wildman–Crippen LogP) is 3.54. The fourth-order valence-electron chi connectivity index (χ4n) is 2.16. The van der Waals surface area contributed by atoms with Crippen LogP contribution in [0.1, 0.15) is 27.2 Å². The third kappa shape index (κ3) is 2.81. The quantitative estimate of drug-likeness (QED) is 0.879. The van der Waals surface area contributed by atoms with E-state index in [0.29, 0.717) is 15.2 Å². The van der Waals surface area contributed by atoms with Gasteiger partial charge in [-0.1, -0.05) is 26.8 Å². The molecule has 0 saturated carbocycles. The smallest absolute Gasteiger partial charge is 0.178 e. The Kier molecular flexibility index (Phi) is 3.81. The summed E-state index contributed by atoms with van der Waals surface area (Å²) in [7, 11) is -3.27. The highest BCUT2D eigenvalue weighted by Gasteiger charge is 2.20. The van der Waals surface area contributed by atoms with E-state index in [0.717, 1.165) is 18.5 Å². The van der Waals surface area contributed by atoms with Crippen LogP contribution in [0.15, 0.2) is 23.1 Å². The molecule has 4 nitrogen and oxygen atoms in total. The minimum absolute atomic E-state index is 0.106. The van der Waals surface area contributed by atoms with Crippen molar-refractivity contribution in [1.29, 1.82) is 0 Å². The lowest BCUT2D eigenvalue weighted by atomic mass is 9.90. The molecule has 0 saturated heterocycles. The van der Waals surface area contributed by atoms with E-state index in [2.05, 4.69) is 25.8 Å². The Morgan fingerprint density at radius 2 is 2.00 bits per heavy atom. The van der Waals surface area contributed by atoms with E-state index >= 15 is 0 Å². The third-order valence-corrected chi connectivity index (χ3v) is 5.18. The molecule has 1 aromatic heterocycles. The van der Waals surface area contributed by atoms with Gasteiger partial charge in [0.25, 0.3) is 0 Å². The van der Waals surface area contributed by atoms with Crippen molar-refractivity contribution in [2.24, 2.45) is 5.41 Å². The van der Waals surface area contributed by atoms with Gasteiger partial charge in [-0.3, -0.25) is 0 Å². The summed E-state index contributed by atoms with van der Waals surface area (Å²) < 4.78 is 26.2. The number of sulfone groups is 1. The fourth-order valence-corrected chi connectivity index (χ4v) is 3.28. The standard InChI is InChI=1S/C14H20N2O2S2/c1-5-14(2,3)9-16-10-7-6-8-11(20(4,17)18)12(10)15-13(16)19/h6-8H,5,9H2,1-4H3,(H,15,19). The predicted molar refractivity (Wildman–Crippen MR) is 84.3 cm³/mol. The Morgan fingerprint density at radius 3 is 2.55 bits per heavy atom. The number of aromatic nitrogens is 2. The van der Waals surface area contributed by atoms with Crippen LogP contribution in [0.3, 0.4) is 0 Å². The lowest BCUT2D eigenvalue weighted by Crippen LogP contribution is -2.18. The van der Waals surface area contributed by atoms with E-state index in [1.807, 2.05) is 10.6 Å². The lowest BCUT2D eigenvalue weighted by molar-refractivity contribution is 0.297. The van der Waals surface area contributed by atoms with Crippen molar-refractivity contribution < 1.29 is 8.42 Å². The molecular weight excluding hydrogens is 292 g/mol. The second-order valence-corrected chi connectivity index (χ2v) is 8.33. The van der Waals surface area contributed by atoms with Crippen molar-refractivity contribution in [3.63, 3.8) is 0 Å². The highest BCUT2D eigenvalue weighted by Crippen LogP contribution is 2.27. The van der Waals surface area contributed by atoms with Gasteiger partial charge in [0.05, 0.1) is 15.9 Å². The molecule has 0 bridgehead atoms. The van der Waals surface area contributed by atoms with E-state index in [9.17, 15) is 8.42 Å². The van der Waals surface area contributed by atoms with Crippen molar-refractivity contribution in [3.05, 3.63) is 23.0 Å². The van der Waals surface area contributed by atoms with Gasteiger partial charge in [-0.05, 0) is 36.2 Å². The minimum atomic E-state index is -3.27. The number of nitrogens with zero attached hydrogens (tertiary/aromatic N) is 1. The second kappa shape index (κ2) is 5.00. The van der Waals surface area contributed by atoms with Gasteiger partial charge in [-0.15, -0.1) is 0 Å². The number of aromatic amines is 1. The molecule has 0 aliphatic carbocycles. The fraction of sp³-hybridized carbons (Fsp3) is 0.500. The molecule has 6 heteroatoms. The summed E-state index contributed by atoms with van der Waals surface area (Å²) in [5.74, 6) is 0. The third-order valence-electron chi connectivity index (χ3n) is 3.71. The van der Waals surface area contributed by atoms with Gasteiger partial charge in [0, 0.05) is 12.8 Å². The molecule has 0 amide bonds. The molecule has 2 rings (SSSR count). The SMILES string of the molecule is CCC(C)(C)Cn1c(=S)[nH]c2c(S(C)(=O)=O)cccc21. The lowest BCUT2D eigenvalue weighted by Gasteiger charge is -2.23. The largest absolute Gasteiger partial charge is 0.329 e. The highest BCUT2D eigenvalue weighted by molar-refractivity contribution is 7.91. The van der Waals surface area contributed by atoms with Crippen LogP contribution in [0.2, 0.25) is 0 Å². The number of fused-ring (bicyclic) bond motifs is 1. The summed E-state index contributed by atoms with van der Waals surface area (Å²) in [4.78, 5) is 3.35. The summed E-state index contributed by atoms with van der Waals surface area (Å²) in [6.07, 6.45) is 2.24. The molecule has 20 heavy (non-hydrogen) atoms. The first kappa shape index (κ1) is 15.3. The van der Waals surface area contributed by atoms with Crippen LogP contribution in [0.5, 0.6) is 0 Å². The van der Waals surface area contributed by atoms with Gasteiger partial charge in [-0.25, -0.2) is 8.42 Å². The Bertz CT molecular complexity index is 798. The molecule has 0 radical (unpaired) electrons. The van der Waals surface area contributed by atoms with Crippen LogP contribution in [0.25, 0.3) is 11.0 Å². The molecule has 0 aliphatic rings. The number of nitrogens with one attached hydrogen (secondary N) is 1. The minimum Gasteiger partial charge on any atom is -0.329 e. The number of rotatable bonds is 4. The maximum Gasteiger partial charge on any atom is 0.178 e. The summed E-state index contributed by atoms with van der Waals surface area (Å²) in [6, 6.07) is 5.27. The van der Waals surface area contributed by atoms with E-state index in [4.69, 9.17) is 12.2 Å². The van der Waals surface area contributed by atoms with E-state index in [1.54, 1.807) is 12.1 Å². The molecule has 1 N–H and O–H groups in total. The first-order valence-electron chi connectivity index (χ1n) is 6.57. The average Bonchev–Trinajstić information content (AvgIpc) is 2.64. The van der Waals surface area contributed by atoms with Crippen molar-refractivity contribution in [2.75, 3.05) is 6.26 Å². The van der Waals surface area contributed by atoms with Gasteiger partial charge in [0.15, 0.2) is 14.6 Å². The van der Waals surface area contributed by atoms with Crippen LogP contribution >= 0.6 is 12.2 Å². The van der Waals surface area contributed by atoms with Crippen LogP contribution in [0, 0.1) is 10.2 Å². The molecule has 0 spiro atoms. The Morgan fingerprint density at radius 1 is 1.35 bits per heavy atom.